The molecule has 11 heavy (non-hydrogen) atoms. The molecule has 0 N–H and O–H groups in total. The number of rotatable bonds is 3. The van der Waals surface area contributed by atoms with Crippen LogP contribution in [0.25, 0.3) is 0 Å². The Hall–Kier alpha value is -0.0400. The molecule has 1 nitrogen and oxygen atoms in total. The topological polar surface area (TPSA) is 3.24 Å². The maximum Gasteiger partial charge on any atom is 0.0102 e. The Morgan fingerprint density at radius 2 is 1.55 bits per heavy atom. The molecule has 0 atom stereocenters. The van der Waals surface area contributed by atoms with Gasteiger partial charge in [-0.3, -0.25) is 4.90 Å². The summed E-state index contributed by atoms with van der Waals surface area (Å²) in [7, 11) is 0. The van der Waals surface area contributed by atoms with E-state index in [9.17, 15) is 0 Å². The zero-order valence-electron chi connectivity index (χ0n) is 7.71. The van der Waals surface area contributed by atoms with Crippen LogP contribution in [0.2, 0.25) is 0 Å². The summed E-state index contributed by atoms with van der Waals surface area (Å²) >= 11 is 0. The van der Waals surface area contributed by atoms with Crippen LogP contribution in [0.5, 0.6) is 0 Å². The van der Waals surface area contributed by atoms with E-state index in [0.29, 0.717) is 0 Å². The van der Waals surface area contributed by atoms with Crippen LogP contribution >= 0.6 is 0 Å². The summed E-state index contributed by atoms with van der Waals surface area (Å²) in [6.45, 7) is 4.69. The molecule has 2 aliphatic carbocycles. The van der Waals surface area contributed by atoms with Gasteiger partial charge in [0.25, 0.3) is 0 Å². The van der Waals surface area contributed by atoms with Crippen molar-refractivity contribution < 1.29 is 0 Å². The first-order valence-corrected chi connectivity index (χ1v) is 5.06. The molecular formula is C10H19N. The maximum absolute atomic E-state index is 2.75. The third-order valence-electron chi connectivity index (χ3n) is 3.06. The predicted octanol–water partition coefficient (Wildman–Crippen LogP) is 2.41. The third-order valence-corrected chi connectivity index (χ3v) is 3.06. The lowest BCUT2D eigenvalue weighted by Crippen LogP contribution is -2.45. The second kappa shape index (κ2) is 2.78. The zero-order chi connectivity index (χ0) is 7.84. The highest BCUT2D eigenvalue weighted by molar-refractivity contribution is 4.93. The van der Waals surface area contributed by atoms with Crippen molar-refractivity contribution in [3.05, 3.63) is 0 Å². The lowest BCUT2D eigenvalue weighted by Gasteiger charge is -2.40. The fourth-order valence-electron chi connectivity index (χ4n) is 2.20. The van der Waals surface area contributed by atoms with Gasteiger partial charge in [0, 0.05) is 18.1 Å². The van der Waals surface area contributed by atoms with E-state index in [4.69, 9.17) is 0 Å². The monoisotopic (exact) mass is 153 g/mol. The first-order valence-electron chi connectivity index (χ1n) is 5.06. The molecule has 0 aromatic carbocycles. The van der Waals surface area contributed by atoms with Crippen molar-refractivity contribution in [2.75, 3.05) is 0 Å². The second-order valence-corrected chi connectivity index (χ2v) is 4.36. The summed E-state index contributed by atoms with van der Waals surface area (Å²) in [6, 6.07) is 2.72. The molecule has 64 valence electrons. The third kappa shape index (κ3) is 1.44. The van der Waals surface area contributed by atoms with E-state index in [1.165, 1.54) is 32.1 Å². The van der Waals surface area contributed by atoms with Crippen molar-refractivity contribution in [3.8, 4) is 0 Å². The van der Waals surface area contributed by atoms with Gasteiger partial charge in [-0.1, -0.05) is 6.42 Å². The van der Waals surface area contributed by atoms with E-state index in [1.807, 2.05) is 0 Å². The van der Waals surface area contributed by atoms with Crippen molar-refractivity contribution in [1.82, 2.24) is 4.90 Å². The molecule has 0 aliphatic heterocycles. The highest BCUT2D eigenvalue weighted by Crippen LogP contribution is 2.36. The molecule has 0 saturated heterocycles. The van der Waals surface area contributed by atoms with Crippen molar-refractivity contribution in [1.29, 1.82) is 0 Å². The summed E-state index contributed by atoms with van der Waals surface area (Å²) in [5, 5.41) is 0. The van der Waals surface area contributed by atoms with Crippen LogP contribution in [-0.2, 0) is 0 Å². The quantitative estimate of drug-likeness (QED) is 0.602. The highest BCUT2D eigenvalue weighted by Gasteiger charge is 2.37. The van der Waals surface area contributed by atoms with Gasteiger partial charge < -0.3 is 0 Å². The van der Waals surface area contributed by atoms with Gasteiger partial charge in [-0.05, 0) is 39.5 Å². The van der Waals surface area contributed by atoms with Crippen molar-refractivity contribution in [2.45, 2.75) is 64.1 Å². The van der Waals surface area contributed by atoms with Crippen LogP contribution in [0.1, 0.15) is 46.0 Å². The van der Waals surface area contributed by atoms with E-state index < -0.39 is 0 Å². The zero-order valence-corrected chi connectivity index (χ0v) is 7.71. The summed E-state index contributed by atoms with van der Waals surface area (Å²) in [4.78, 5) is 2.75. The number of hydrogen-bond acceptors (Lipinski definition) is 1. The van der Waals surface area contributed by atoms with Crippen LogP contribution in [0, 0.1) is 0 Å². The average Bonchev–Trinajstić information content (AvgIpc) is 2.58. The first kappa shape index (κ1) is 7.60. The fraction of sp³-hybridized carbons (Fsp3) is 1.00. The van der Waals surface area contributed by atoms with Crippen molar-refractivity contribution >= 4 is 0 Å². The number of hydrogen-bond donors (Lipinski definition) is 0. The van der Waals surface area contributed by atoms with Gasteiger partial charge in [0.05, 0.1) is 0 Å². The molecule has 0 heterocycles. The molecule has 2 rings (SSSR count). The van der Waals surface area contributed by atoms with Gasteiger partial charge in [-0.25, -0.2) is 0 Å². The predicted molar refractivity (Wildman–Crippen MR) is 47.6 cm³/mol. The molecule has 0 aromatic heterocycles. The Kier molecular flexibility index (Phi) is 1.92. The van der Waals surface area contributed by atoms with E-state index in [2.05, 4.69) is 18.7 Å². The Balaban J connectivity index is 1.91. The smallest absolute Gasteiger partial charge is 0.0102 e. The van der Waals surface area contributed by atoms with Crippen LogP contribution in [0.3, 0.4) is 0 Å². The molecule has 0 amide bonds. The lowest BCUT2D eigenvalue weighted by atomic mass is 9.90. The van der Waals surface area contributed by atoms with E-state index in [0.717, 1.165) is 18.1 Å². The van der Waals surface area contributed by atoms with Gasteiger partial charge in [-0.2, -0.15) is 0 Å². The van der Waals surface area contributed by atoms with Crippen molar-refractivity contribution in [3.63, 3.8) is 0 Å². The molecule has 0 spiro atoms. The molecule has 2 fully saturated rings. The summed E-state index contributed by atoms with van der Waals surface area (Å²) in [5.41, 5.74) is 0. The van der Waals surface area contributed by atoms with Gasteiger partial charge in [0.1, 0.15) is 0 Å². The molecule has 0 bridgehead atoms. The van der Waals surface area contributed by atoms with Crippen LogP contribution in [0.15, 0.2) is 0 Å². The Morgan fingerprint density at radius 1 is 1.00 bits per heavy atom. The number of nitrogens with zero attached hydrogens (tertiary/aromatic N) is 1. The van der Waals surface area contributed by atoms with Crippen molar-refractivity contribution in [2.24, 2.45) is 0 Å². The SMILES string of the molecule is CC(C)N(C1CCC1)C1CC1. The normalized spacial score (nSPS) is 26.2. The maximum atomic E-state index is 2.75. The molecular weight excluding hydrogens is 134 g/mol. The fourth-order valence-corrected chi connectivity index (χ4v) is 2.20. The second-order valence-electron chi connectivity index (χ2n) is 4.36. The standard InChI is InChI=1S/C10H19N/c1-8(2)11(10-6-7-10)9-4-3-5-9/h8-10H,3-7H2,1-2H3. The Labute approximate surface area is 69.8 Å². The summed E-state index contributed by atoms with van der Waals surface area (Å²) in [6.07, 6.45) is 7.34. The minimum atomic E-state index is 0.785. The Morgan fingerprint density at radius 3 is 1.82 bits per heavy atom. The van der Waals surface area contributed by atoms with Gasteiger partial charge in [0.15, 0.2) is 0 Å². The summed E-state index contributed by atoms with van der Waals surface area (Å²) in [5.74, 6) is 0. The molecule has 1 heteroatoms. The minimum absolute atomic E-state index is 0.785. The lowest BCUT2D eigenvalue weighted by molar-refractivity contribution is 0.0860. The van der Waals surface area contributed by atoms with E-state index >= 15 is 0 Å². The Bertz CT molecular complexity index is 132. The van der Waals surface area contributed by atoms with Crippen LogP contribution in [0.4, 0.5) is 0 Å². The van der Waals surface area contributed by atoms with E-state index in [1.54, 1.807) is 0 Å². The molecule has 2 aliphatic rings. The largest absolute Gasteiger partial charge is 0.295 e. The molecule has 2 saturated carbocycles. The summed E-state index contributed by atoms with van der Waals surface area (Å²) < 4.78 is 0. The van der Waals surface area contributed by atoms with Gasteiger partial charge in [-0.15, -0.1) is 0 Å². The average molecular weight is 153 g/mol. The molecule has 0 aromatic rings. The van der Waals surface area contributed by atoms with Crippen LogP contribution in [-0.4, -0.2) is 23.0 Å². The molecule has 0 radical (unpaired) electrons. The van der Waals surface area contributed by atoms with Crippen LogP contribution < -0.4 is 0 Å². The first-order chi connectivity index (χ1) is 5.29. The minimum Gasteiger partial charge on any atom is -0.295 e. The van der Waals surface area contributed by atoms with Gasteiger partial charge >= 0.3 is 0 Å². The molecule has 0 unspecified atom stereocenters. The van der Waals surface area contributed by atoms with Gasteiger partial charge in [0.2, 0.25) is 0 Å². The van der Waals surface area contributed by atoms with E-state index in [-0.39, 0.29) is 0 Å². The highest BCUT2D eigenvalue weighted by atomic mass is 15.2.